The van der Waals surface area contributed by atoms with Gasteiger partial charge in [-0.25, -0.2) is 0 Å². The third-order valence-corrected chi connectivity index (χ3v) is 7.99. The molecule has 0 bridgehead atoms. The Morgan fingerprint density at radius 3 is 2.93 bits per heavy atom. The largest absolute Gasteiger partial charge is 0.508 e. The van der Waals surface area contributed by atoms with Crippen LogP contribution in [0.5, 0.6) is 5.75 Å². The maximum absolute atomic E-state index is 13.5. The van der Waals surface area contributed by atoms with Crippen molar-refractivity contribution in [3.05, 3.63) is 52.4 Å². The molecular formula is C25H30N2O2. The molecule has 4 atom stereocenters. The van der Waals surface area contributed by atoms with Crippen LogP contribution in [-0.4, -0.2) is 20.7 Å². The summed E-state index contributed by atoms with van der Waals surface area (Å²) in [4.78, 5) is 13.5. The van der Waals surface area contributed by atoms with Crippen molar-refractivity contribution in [2.45, 2.75) is 65.3 Å². The maximum Gasteiger partial charge on any atom is 0.165 e. The number of allylic oxidation sites excluding steroid dienone is 1. The molecule has 0 spiro atoms. The lowest BCUT2D eigenvalue weighted by atomic mass is 9.55. The molecule has 0 radical (unpaired) electrons. The van der Waals surface area contributed by atoms with E-state index in [0.717, 1.165) is 55.5 Å². The summed E-state index contributed by atoms with van der Waals surface area (Å²) in [5.74, 6) is 2.23. The molecule has 5 rings (SSSR count). The van der Waals surface area contributed by atoms with E-state index in [9.17, 15) is 9.90 Å². The van der Waals surface area contributed by atoms with Crippen LogP contribution < -0.4 is 0 Å². The first-order valence-electron chi connectivity index (χ1n) is 11.0. The highest BCUT2D eigenvalue weighted by Crippen LogP contribution is 2.60. The Kier molecular flexibility index (Phi) is 4.23. The van der Waals surface area contributed by atoms with E-state index in [1.807, 2.05) is 23.7 Å². The Bertz CT molecular complexity index is 1020. The van der Waals surface area contributed by atoms with Crippen molar-refractivity contribution in [2.75, 3.05) is 0 Å². The zero-order chi connectivity index (χ0) is 20.3. The molecule has 1 heterocycles. The number of carbonyl (C=O) groups excluding carboxylic acids is 1. The van der Waals surface area contributed by atoms with Crippen LogP contribution in [0.3, 0.4) is 0 Å². The second-order valence-electron chi connectivity index (χ2n) is 9.48. The van der Waals surface area contributed by atoms with Crippen molar-refractivity contribution < 1.29 is 9.90 Å². The number of phenolic OH excluding ortho intramolecular Hbond substituents is 1. The fourth-order valence-electron chi connectivity index (χ4n) is 6.39. The number of aryl methyl sites for hydroxylation is 3. The molecule has 0 saturated heterocycles. The van der Waals surface area contributed by atoms with Gasteiger partial charge in [0.15, 0.2) is 5.78 Å². The maximum atomic E-state index is 13.5. The van der Waals surface area contributed by atoms with Gasteiger partial charge in [0, 0.05) is 23.7 Å². The average molecular weight is 391 g/mol. The standard InChI is InChI=1S/C25H30N2O2/c1-4-27-14-18(15(2)26-27)11-17-13-23-22-7-5-16-12-19(28)6-8-20(16)21(22)9-10-25(23,3)24(17)29/h6,8,11-12,14,21-23,28H,4-5,7,9-10,13H2,1-3H3/b17-11+/t21-,22+,23+,25+/m0/s1. The molecule has 4 nitrogen and oxygen atoms in total. The molecule has 3 aliphatic carbocycles. The Morgan fingerprint density at radius 2 is 2.17 bits per heavy atom. The minimum Gasteiger partial charge on any atom is -0.508 e. The average Bonchev–Trinajstić information content (AvgIpc) is 3.19. The second-order valence-corrected chi connectivity index (χ2v) is 9.48. The highest BCUT2D eigenvalue weighted by Gasteiger charge is 2.56. The summed E-state index contributed by atoms with van der Waals surface area (Å²) in [5.41, 5.74) is 5.56. The second kappa shape index (κ2) is 6.58. The molecule has 1 aromatic heterocycles. The van der Waals surface area contributed by atoms with Crippen LogP contribution in [0.2, 0.25) is 0 Å². The van der Waals surface area contributed by atoms with E-state index in [1.165, 1.54) is 11.1 Å². The smallest absolute Gasteiger partial charge is 0.165 e. The van der Waals surface area contributed by atoms with Crippen molar-refractivity contribution in [1.29, 1.82) is 0 Å². The number of aromatic nitrogens is 2. The fraction of sp³-hybridized carbons (Fsp3) is 0.520. The van der Waals surface area contributed by atoms with Gasteiger partial charge in [-0.15, -0.1) is 0 Å². The van der Waals surface area contributed by atoms with Gasteiger partial charge in [-0.3, -0.25) is 9.48 Å². The number of ketones is 1. The van der Waals surface area contributed by atoms with Gasteiger partial charge in [0.2, 0.25) is 0 Å². The summed E-state index contributed by atoms with van der Waals surface area (Å²) in [6.07, 6.45) is 9.22. The lowest BCUT2D eigenvalue weighted by Gasteiger charge is -2.48. The van der Waals surface area contributed by atoms with Gasteiger partial charge >= 0.3 is 0 Å². The number of benzene rings is 1. The summed E-state index contributed by atoms with van der Waals surface area (Å²) in [6.45, 7) is 7.17. The fourth-order valence-corrected chi connectivity index (χ4v) is 6.39. The van der Waals surface area contributed by atoms with Crippen LogP contribution >= 0.6 is 0 Å². The van der Waals surface area contributed by atoms with Crippen LogP contribution in [0.1, 0.15) is 67.8 Å². The number of hydrogen-bond acceptors (Lipinski definition) is 3. The first-order valence-corrected chi connectivity index (χ1v) is 11.0. The number of phenols is 1. The Morgan fingerprint density at radius 1 is 1.34 bits per heavy atom. The summed E-state index contributed by atoms with van der Waals surface area (Å²) < 4.78 is 1.94. The first-order chi connectivity index (χ1) is 13.9. The Hall–Kier alpha value is -2.36. The SMILES string of the molecule is CCn1cc(/C=C2\C[C@@H]3[C@@H]4CCc5cc(O)ccc5[C@@H]4CC[C@@]3(C)C2=O)c(C)n1. The molecule has 0 unspecified atom stereocenters. The molecule has 3 aliphatic rings. The van der Waals surface area contributed by atoms with Gasteiger partial charge in [0.05, 0.1) is 5.69 Å². The number of rotatable bonds is 2. The number of fused-ring (bicyclic) bond motifs is 5. The molecule has 2 fully saturated rings. The molecule has 1 aromatic carbocycles. The van der Waals surface area contributed by atoms with Gasteiger partial charge in [-0.05, 0) is 98.6 Å². The minimum atomic E-state index is -0.226. The number of carbonyl (C=O) groups is 1. The molecule has 1 N–H and O–H groups in total. The van der Waals surface area contributed by atoms with Gasteiger partial charge in [-0.2, -0.15) is 5.10 Å². The molecule has 2 aromatic rings. The van der Waals surface area contributed by atoms with Crippen molar-refractivity contribution >= 4 is 11.9 Å². The lowest BCUT2D eigenvalue weighted by Crippen LogP contribution is -2.42. The third kappa shape index (κ3) is 2.79. The minimum absolute atomic E-state index is 0.226. The van der Waals surface area contributed by atoms with E-state index in [2.05, 4.69) is 37.3 Å². The molecule has 0 aliphatic heterocycles. The molecule has 2 saturated carbocycles. The van der Waals surface area contributed by atoms with Crippen molar-refractivity contribution in [3.8, 4) is 5.75 Å². The Balaban J connectivity index is 1.49. The highest BCUT2D eigenvalue weighted by molar-refractivity contribution is 6.06. The van der Waals surface area contributed by atoms with E-state index >= 15 is 0 Å². The predicted molar refractivity (Wildman–Crippen MR) is 114 cm³/mol. The van der Waals surface area contributed by atoms with E-state index in [-0.39, 0.29) is 5.41 Å². The van der Waals surface area contributed by atoms with Crippen molar-refractivity contribution in [2.24, 2.45) is 17.3 Å². The topological polar surface area (TPSA) is 55.1 Å². The van der Waals surface area contributed by atoms with Crippen LogP contribution in [0.4, 0.5) is 0 Å². The number of nitrogens with zero attached hydrogens (tertiary/aromatic N) is 2. The first kappa shape index (κ1) is 18.7. The zero-order valence-electron chi connectivity index (χ0n) is 17.6. The van der Waals surface area contributed by atoms with Gasteiger partial charge in [0.1, 0.15) is 5.75 Å². The number of hydrogen-bond donors (Lipinski definition) is 1. The molecule has 29 heavy (non-hydrogen) atoms. The highest BCUT2D eigenvalue weighted by atomic mass is 16.3. The zero-order valence-corrected chi connectivity index (χ0v) is 17.6. The van der Waals surface area contributed by atoms with Crippen LogP contribution in [0, 0.1) is 24.2 Å². The van der Waals surface area contributed by atoms with Gasteiger partial charge in [-0.1, -0.05) is 13.0 Å². The molecular weight excluding hydrogens is 360 g/mol. The van der Waals surface area contributed by atoms with Crippen LogP contribution in [0.15, 0.2) is 30.0 Å². The number of aromatic hydroxyl groups is 1. The van der Waals surface area contributed by atoms with E-state index in [0.29, 0.717) is 29.3 Å². The monoisotopic (exact) mass is 390 g/mol. The normalized spacial score (nSPS) is 32.2. The van der Waals surface area contributed by atoms with Crippen LogP contribution in [0.25, 0.3) is 6.08 Å². The van der Waals surface area contributed by atoms with E-state index in [4.69, 9.17) is 0 Å². The summed E-state index contributed by atoms with van der Waals surface area (Å²) in [7, 11) is 0. The summed E-state index contributed by atoms with van der Waals surface area (Å²) in [6, 6.07) is 5.90. The lowest BCUT2D eigenvalue weighted by molar-refractivity contribution is -0.127. The quantitative estimate of drug-likeness (QED) is 0.731. The summed E-state index contributed by atoms with van der Waals surface area (Å²) >= 11 is 0. The van der Waals surface area contributed by atoms with Crippen molar-refractivity contribution in [3.63, 3.8) is 0 Å². The van der Waals surface area contributed by atoms with Gasteiger partial charge in [0.25, 0.3) is 0 Å². The van der Waals surface area contributed by atoms with E-state index in [1.54, 1.807) is 0 Å². The molecule has 152 valence electrons. The number of Topliss-reactive ketones (excluding diaryl/α,β-unsaturated/α-hetero) is 1. The van der Waals surface area contributed by atoms with Gasteiger partial charge < -0.3 is 5.11 Å². The van der Waals surface area contributed by atoms with Crippen molar-refractivity contribution in [1.82, 2.24) is 9.78 Å². The molecule has 0 amide bonds. The molecule has 4 heteroatoms. The summed E-state index contributed by atoms with van der Waals surface area (Å²) in [5, 5.41) is 14.4. The third-order valence-electron chi connectivity index (χ3n) is 7.99. The predicted octanol–water partition coefficient (Wildman–Crippen LogP) is 5.04. The Labute approximate surface area is 172 Å². The van der Waals surface area contributed by atoms with Crippen LogP contribution in [-0.2, 0) is 17.8 Å². The van der Waals surface area contributed by atoms with E-state index < -0.39 is 0 Å².